The van der Waals surface area contributed by atoms with Gasteiger partial charge in [-0.05, 0) is 44.9 Å². The Labute approximate surface area is 322 Å². The molecule has 1 unspecified atom stereocenters. The van der Waals surface area contributed by atoms with Crippen LogP contribution in [0.15, 0.2) is 48.6 Å². The maximum absolute atomic E-state index is 12.6. The van der Waals surface area contributed by atoms with Crippen LogP contribution in [-0.4, -0.2) is 37.9 Å². The summed E-state index contributed by atoms with van der Waals surface area (Å²) in [4.78, 5) is 25.1. The second-order valence-electron chi connectivity index (χ2n) is 14.6. The van der Waals surface area contributed by atoms with Gasteiger partial charge in [0.1, 0.15) is 6.61 Å². The average molecular weight is 729 g/mol. The van der Waals surface area contributed by atoms with Crippen LogP contribution in [0.3, 0.4) is 0 Å². The lowest BCUT2D eigenvalue weighted by Gasteiger charge is -2.18. The Kier molecular flexibility index (Phi) is 41.5. The lowest BCUT2D eigenvalue weighted by Crippen LogP contribution is -2.30. The average Bonchev–Trinajstić information content (AvgIpc) is 3.14. The minimum Gasteiger partial charge on any atom is -0.462 e. The number of unbranched alkanes of at least 4 members (excludes halogenated alkanes) is 21. The van der Waals surface area contributed by atoms with Crippen molar-refractivity contribution in [3.8, 4) is 0 Å². The molecule has 0 amide bonds. The van der Waals surface area contributed by atoms with Gasteiger partial charge in [0, 0.05) is 19.4 Å². The van der Waals surface area contributed by atoms with Crippen molar-refractivity contribution in [3.63, 3.8) is 0 Å². The Morgan fingerprint density at radius 1 is 0.442 bits per heavy atom. The summed E-state index contributed by atoms with van der Waals surface area (Å²) < 4.78 is 17.1. The van der Waals surface area contributed by atoms with Crippen molar-refractivity contribution >= 4 is 11.9 Å². The molecule has 5 heteroatoms. The first-order valence-corrected chi connectivity index (χ1v) is 22.2. The summed E-state index contributed by atoms with van der Waals surface area (Å²) in [6, 6.07) is 0. The monoisotopic (exact) mass is 729 g/mol. The molecule has 0 fully saturated rings. The first-order valence-electron chi connectivity index (χ1n) is 22.2. The molecule has 0 N–H and O–H groups in total. The van der Waals surface area contributed by atoms with E-state index in [1.165, 1.54) is 122 Å². The van der Waals surface area contributed by atoms with Crippen molar-refractivity contribution in [1.82, 2.24) is 0 Å². The lowest BCUT2D eigenvalue weighted by atomic mass is 10.0. The van der Waals surface area contributed by atoms with Crippen LogP contribution < -0.4 is 0 Å². The van der Waals surface area contributed by atoms with Crippen molar-refractivity contribution in [3.05, 3.63) is 48.6 Å². The molecule has 0 aromatic heterocycles. The molecule has 0 aliphatic carbocycles. The Morgan fingerprint density at radius 3 is 1.35 bits per heavy atom. The van der Waals surface area contributed by atoms with Crippen molar-refractivity contribution in [2.45, 2.75) is 219 Å². The van der Waals surface area contributed by atoms with Crippen LogP contribution >= 0.6 is 0 Å². The van der Waals surface area contributed by atoms with Crippen molar-refractivity contribution < 1.29 is 23.8 Å². The van der Waals surface area contributed by atoms with Gasteiger partial charge in [0.15, 0.2) is 6.10 Å². The molecule has 5 nitrogen and oxygen atoms in total. The normalized spacial score (nSPS) is 12.6. The van der Waals surface area contributed by atoms with E-state index in [0.717, 1.165) is 51.4 Å². The van der Waals surface area contributed by atoms with E-state index in [4.69, 9.17) is 14.2 Å². The molecule has 0 bridgehead atoms. The van der Waals surface area contributed by atoms with Gasteiger partial charge in [0.2, 0.25) is 0 Å². The van der Waals surface area contributed by atoms with Crippen LogP contribution in [0.5, 0.6) is 0 Å². The number of carbonyl (C=O) groups excluding carboxylic acids is 2. The predicted octanol–water partition coefficient (Wildman–Crippen LogP) is 14.4. The van der Waals surface area contributed by atoms with Crippen molar-refractivity contribution in [2.75, 3.05) is 19.8 Å². The first kappa shape index (κ1) is 49.9. The van der Waals surface area contributed by atoms with Crippen LogP contribution in [0.1, 0.15) is 213 Å². The predicted molar refractivity (Wildman–Crippen MR) is 224 cm³/mol. The molecular weight excluding hydrogens is 645 g/mol. The molecule has 0 saturated heterocycles. The summed E-state index contributed by atoms with van der Waals surface area (Å²) in [7, 11) is 0. The maximum atomic E-state index is 12.6. The fourth-order valence-electron chi connectivity index (χ4n) is 6.11. The fourth-order valence-corrected chi connectivity index (χ4v) is 6.11. The van der Waals surface area contributed by atoms with Crippen LogP contribution in [0, 0.1) is 0 Å². The molecule has 0 aromatic carbocycles. The standard InChI is InChI=1S/C47H84O5/c1-4-7-10-13-16-18-20-22-23-24-25-27-28-30-32-34-37-40-46(48)51-44-45(43-50-42-39-36-15-12-9-6-3)52-47(49)41-38-35-33-31-29-26-21-19-17-14-11-8-5-2/h8,11,17,19,26,29,33,35,45H,4-7,9-10,12-16,18,20-25,27-28,30-32,34,36-44H2,1-3H3/b11-8-,19-17-,29-26-,35-33-. The topological polar surface area (TPSA) is 61.8 Å². The second-order valence-corrected chi connectivity index (χ2v) is 14.6. The fraction of sp³-hybridized carbons (Fsp3) is 0.787. The molecule has 0 aliphatic rings. The zero-order valence-corrected chi connectivity index (χ0v) is 34.6. The highest BCUT2D eigenvalue weighted by Gasteiger charge is 2.17. The number of hydrogen-bond donors (Lipinski definition) is 0. The Hall–Kier alpha value is -2.14. The second kappa shape index (κ2) is 43.3. The third-order valence-corrected chi connectivity index (χ3v) is 9.39. The van der Waals surface area contributed by atoms with Crippen LogP contribution in [0.25, 0.3) is 0 Å². The Morgan fingerprint density at radius 2 is 0.865 bits per heavy atom. The minimum atomic E-state index is -0.565. The SMILES string of the molecule is CC/C=C\C/C=C\C/C=C\C/C=C\CCC(=O)OC(COCCCCCCCC)COC(=O)CCCCCCCCCCCCCCCCCCC. The van der Waals surface area contributed by atoms with Crippen LogP contribution in [-0.2, 0) is 23.8 Å². The Balaban J connectivity index is 4.16. The van der Waals surface area contributed by atoms with E-state index in [-0.39, 0.29) is 25.2 Å². The Bertz CT molecular complexity index is 873. The number of rotatable bonds is 40. The zero-order chi connectivity index (χ0) is 37.8. The number of ether oxygens (including phenoxy) is 3. The largest absolute Gasteiger partial charge is 0.462 e. The number of hydrogen-bond acceptors (Lipinski definition) is 5. The van der Waals surface area contributed by atoms with Gasteiger partial charge in [-0.1, -0.05) is 204 Å². The van der Waals surface area contributed by atoms with Crippen molar-refractivity contribution in [1.29, 1.82) is 0 Å². The molecule has 0 radical (unpaired) electrons. The molecule has 0 aromatic rings. The van der Waals surface area contributed by atoms with E-state index in [9.17, 15) is 9.59 Å². The van der Waals surface area contributed by atoms with Gasteiger partial charge in [-0.15, -0.1) is 0 Å². The van der Waals surface area contributed by atoms with Gasteiger partial charge in [0.05, 0.1) is 6.61 Å². The summed E-state index contributed by atoms with van der Waals surface area (Å²) in [5.41, 5.74) is 0. The summed E-state index contributed by atoms with van der Waals surface area (Å²) in [5.74, 6) is -0.488. The van der Waals surface area contributed by atoms with E-state index in [2.05, 4.69) is 63.3 Å². The van der Waals surface area contributed by atoms with E-state index in [1.807, 2.05) is 6.08 Å². The van der Waals surface area contributed by atoms with Crippen LogP contribution in [0.4, 0.5) is 0 Å². The lowest BCUT2D eigenvalue weighted by molar-refractivity contribution is -0.162. The highest BCUT2D eigenvalue weighted by molar-refractivity contribution is 5.70. The molecular formula is C47H84O5. The third kappa shape index (κ3) is 40.6. The van der Waals surface area contributed by atoms with E-state index in [0.29, 0.717) is 25.9 Å². The molecule has 0 heterocycles. The van der Waals surface area contributed by atoms with E-state index < -0.39 is 6.10 Å². The highest BCUT2D eigenvalue weighted by atomic mass is 16.6. The smallest absolute Gasteiger partial charge is 0.306 e. The quantitative estimate of drug-likeness (QED) is 0.0357. The van der Waals surface area contributed by atoms with Gasteiger partial charge in [-0.25, -0.2) is 0 Å². The summed E-state index contributed by atoms with van der Waals surface area (Å²) in [6.45, 7) is 7.61. The summed E-state index contributed by atoms with van der Waals surface area (Å²) in [6.07, 6.45) is 51.4. The highest BCUT2D eigenvalue weighted by Crippen LogP contribution is 2.15. The van der Waals surface area contributed by atoms with Crippen LogP contribution in [0.2, 0.25) is 0 Å². The van der Waals surface area contributed by atoms with Gasteiger partial charge in [-0.3, -0.25) is 9.59 Å². The first-order chi connectivity index (χ1) is 25.6. The number of allylic oxidation sites excluding steroid dienone is 8. The van der Waals surface area contributed by atoms with Gasteiger partial charge >= 0.3 is 11.9 Å². The van der Waals surface area contributed by atoms with Gasteiger partial charge in [-0.2, -0.15) is 0 Å². The molecule has 0 aliphatic heterocycles. The molecule has 1 atom stereocenters. The molecule has 302 valence electrons. The van der Waals surface area contributed by atoms with E-state index in [1.54, 1.807) is 0 Å². The minimum absolute atomic E-state index is 0.0595. The summed E-state index contributed by atoms with van der Waals surface area (Å²) in [5, 5.41) is 0. The number of esters is 2. The molecule has 0 rings (SSSR count). The van der Waals surface area contributed by atoms with Crippen molar-refractivity contribution in [2.24, 2.45) is 0 Å². The zero-order valence-electron chi connectivity index (χ0n) is 34.6. The summed E-state index contributed by atoms with van der Waals surface area (Å²) >= 11 is 0. The maximum Gasteiger partial charge on any atom is 0.306 e. The molecule has 0 spiro atoms. The van der Waals surface area contributed by atoms with Gasteiger partial charge < -0.3 is 14.2 Å². The number of carbonyl (C=O) groups is 2. The van der Waals surface area contributed by atoms with E-state index >= 15 is 0 Å². The molecule has 0 saturated carbocycles. The third-order valence-electron chi connectivity index (χ3n) is 9.39. The molecule has 52 heavy (non-hydrogen) atoms. The van der Waals surface area contributed by atoms with Gasteiger partial charge in [0.25, 0.3) is 0 Å².